The Labute approximate surface area is 187 Å². The van der Waals surface area contributed by atoms with Gasteiger partial charge in [-0.3, -0.25) is 9.67 Å². The highest BCUT2D eigenvalue weighted by Crippen LogP contribution is 2.22. The molecule has 0 radical (unpaired) electrons. The predicted octanol–water partition coefficient (Wildman–Crippen LogP) is 3.34. The number of halogens is 2. The van der Waals surface area contributed by atoms with Crippen LogP contribution in [0.2, 0.25) is 0 Å². The van der Waals surface area contributed by atoms with E-state index in [4.69, 9.17) is 0 Å². The van der Waals surface area contributed by atoms with Crippen LogP contribution < -0.4 is 15.5 Å². The van der Waals surface area contributed by atoms with Gasteiger partial charge in [0.1, 0.15) is 0 Å². The molecule has 2 atom stereocenters. The molecule has 8 heteroatoms. The Kier molecular flexibility index (Phi) is 8.88. The molecule has 6 nitrogen and oxygen atoms in total. The molecule has 1 aromatic heterocycles. The number of hydrogen-bond acceptors (Lipinski definition) is 3. The molecule has 148 valence electrons. The highest BCUT2D eigenvalue weighted by molar-refractivity contribution is 14.0. The molecule has 27 heavy (non-hydrogen) atoms. The van der Waals surface area contributed by atoms with Crippen LogP contribution in [0.15, 0.2) is 52.2 Å². The first kappa shape index (κ1) is 22.0. The molecule has 1 aliphatic rings. The van der Waals surface area contributed by atoms with Gasteiger partial charge < -0.3 is 15.5 Å². The lowest BCUT2D eigenvalue weighted by Gasteiger charge is -2.21. The minimum atomic E-state index is 0. The lowest BCUT2D eigenvalue weighted by Crippen LogP contribution is -2.46. The maximum atomic E-state index is 4.38. The smallest absolute Gasteiger partial charge is 0.191 e. The fraction of sp³-hybridized carbons (Fsp3) is 0.474. The van der Waals surface area contributed by atoms with E-state index in [-0.39, 0.29) is 24.0 Å². The van der Waals surface area contributed by atoms with Crippen molar-refractivity contribution in [1.82, 2.24) is 20.4 Å². The molecule has 3 rings (SSSR count). The summed E-state index contributed by atoms with van der Waals surface area (Å²) in [5.41, 5.74) is 1.27. The van der Waals surface area contributed by atoms with Crippen molar-refractivity contribution >= 4 is 51.6 Å². The zero-order chi connectivity index (χ0) is 18.4. The topological polar surface area (TPSA) is 57.5 Å². The number of aliphatic imine (C=N–C) groups is 1. The Morgan fingerprint density at radius 3 is 2.81 bits per heavy atom. The third kappa shape index (κ3) is 6.67. The highest BCUT2D eigenvalue weighted by atomic mass is 127. The molecule has 2 heterocycles. The van der Waals surface area contributed by atoms with Gasteiger partial charge in [0.15, 0.2) is 5.96 Å². The summed E-state index contributed by atoms with van der Waals surface area (Å²) >= 11 is 3.49. The van der Waals surface area contributed by atoms with Crippen molar-refractivity contribution in [2.24, 2.45) is 10.9 Å². The number of benzene rings is 1. The minimum Gasteiger partial charge on any atom is -0.369 e. The summed E-state index contributed by atoms with van der Waals surface area (Å²) in [5, 5.41) is 11.3. The molecule has 2 unspecified atom stereocenters. The monoisotopic (exact) mass is 546 g/mol. The molecular formula is C19H28BrIN6. The van der Waals surface area contributed by atoms with Gasteiger partial charge in [0.05, 0.1) is 0 Å². The van der Waals surface area contributed by atoms with Gasteiger partial charge in [0.25, 0.3) is 0 Å². The van der Waals surface area contributed by atoms with Gasteiger partial charge in [-0.2, -0.15) is 5.10 Å². The summed E-state index contributed by atoms with van der Waals surface area (Å²) in [6, 6.07) is 10.9. The molecular weight excluding hydrogens is 519 g/mol. The van der Waals surface area contributed by atoms with E-state index in [0.717, 1.165) is 43.0 Å². The van der Waals surface area contributed by atoms with Crippen molar-refractivity contribution in [3.05, 3.63) is 47.2 Å². The highest BCUT2D eigenvalue weighted by Gasteiger charge is 2.23. The fourth-order valence-corrected chi connectivity index (χ4v) is 3.48. The van der Waals surface area contributed by atoms with Crippen LogP contribution in [0.1, 0.15) is 13.3 Å². The second-order valence-corrected chi connectivity index (χ2v) is 7.75. The molecule has 1 saturated heterocycles. The Bertz CT molecular complexity index is 703. The maximum absolute atomic E-state index is 4.38. The van der Waals surface area contributed by atoms with E-state index in [1.165, 1.54) is 5.69 Å². The van der Waals surface area contributed by atoms with Crippen LogP contribution in [0, 0.1) is 5.92 Å². The average molecular weight is 547 g/mol. The van der Waals surface area contributed by atoms with Crippen molar-refractivity contribution in [3.63, 3.8) is 0 Å². The van der Waals surface area contributed by atoms with Crippen molar-refractivity contribution in [1.29, 1.82) is 0 Å². The summed E-state index contributed by atoms with van der Waals surface area (Å²) in [5.74, 6) is 1.34. The largest absolute Gasteiger partial charge is 0.369 e. The van der Waals surface area contributed by atoms with Gasteiger partial charge in [-0.15, -0.1) is 24.0 Å². The van der Waals surface area contributed by atoms with Crippen LogP contribution >= 0.6 is 39.9 Å². The van der Waals surface area contributed by atoms with E-state index in [0.29, 0.717) is 12.0 Å². The summed E-state index contributed by atoms with van der Waals surface area (Å²) < 4.78 is 3.08. The van der Waals surface area contributed by atoms with Crippen molar-refractivity contribution < 1.29 is 0 Å². The Morgan fingerprint density at radius 2 is 2.15 bits per heavy atom. The van der Waals surface area contributed by atoms with Crippen molar-refractivity contribution in [2.75, 3.05) is 31.6 Å². The van der Waals surface area contributed by atoms with Crippen molar-refractivity contribution in [3.8, 4) is 0 Å². The molecule has 1 aliphatic heterocycles. The summed E-state index contributed by atoms with van der Waals surface area (Å²) in [6.07, 6.45) is 4.93. The Morgan fingerprint density at radius 1 is 1.37 bits per heavy atom. The quantitative estimate of drug-likeness (QED) is 0.331. The maximum Gasteiger partial charge on any atom is 0.191 e. The molecule has 1 aromatic carbocycles. The van der Waals surface area contributed by atoms with E-state index in [9.17, 15) is 0 Å². The lowest BCUT2D eigenvalue weighted by atomic mass is 10.2. The first-order valence-corrected chi connectivity index (χ1v) is 9.88. The standard InChI is InChI=1S/C19H27BrN6.HI/c1-15(13-26-10-3-9-23-26)12-22-19(21-2)24-17-8-11-25(14-17)18-6-4-16(20)5-7-18;/h3-7,9-10,15,17H,8,11-14H2,1-2H3,(H2,21,22,24);1H. The number of anilines is 1. The van der Waals surface area contributed by atoms with Gasteiger partial charge in [0, 0.05) is 61.8 Å². The molecule has 0 spiro atoms. The van der Waals surface area contributed by atoms with Crippen LogP contribution in [-0.2, 0) is 6.54 Å². The van der Waals surface area contributed by atoms with Crippen LogP contribution in [0.4, 0.5) is 5.69 Å². The lowest BCUT2D eigenvalue weighted by molar-refractivity contribution is 0.442. The van der Waals surface area contributed by atoms with E-state index in [1.807, 2.05) is 30.2 Å². The number of nitrogens with one attached hydrogen (secondary N) is 2. The molecule has 1 fully saturated rings. The summed E-state index contributed by atoms with van der Waals surface area (Å²) in [4.78, 5) is 6.79. The predicted molar refractivity (Wildman–Crippen MR) is 126 cm³/mol. The molecule has 2 N–H and O–H groups in total. The van der Waals surface area contributed by atoms with Gasteiger partial charge in [-0.25, -0.2) is 0 Å². The first-order valence-electron chi connectivity index (χ1n) is 9.09. The summed E-state index contributed by atoms with van der Waals surface area (Å²) in [6.45, 7) is 6.03. The van der Waals surface area contributed by atoms with Gasteiger partial charge in [-0.1, -0.05) is 22.9 Å². The molecule has 0 amide bonds. The van der Waals surface area contributed by atoms with E-state index >= 15 is 0 Å². The summed E-state index contributed by atoms with van der Waals surface area (Å²) in [7, 11) is 1.83. The third-order valence-corrected chi connectivity index (χ3v) is 5.15. The Balaban J connectivity index is 0.00000261. The van der Waals surface area contributed by atoms with Gasteiger partial charge in [0.2, 0.25) is 0 Å². The molecule has 0 aliphatic carbocycles. The SMILES string of the molecule is CN=C(NCC(C)Cn1cccn1)NC1CCN(c2ccc(Br)cc2)C1.I. The van der Waals surface area contributed by atoms with E-state index in [1.54, 1.807) is 0 Å². The number of hydrogen-bond donors (Lipinski definition) is 2. The fourth-order valence-electron chi connectivity index (χ4n) is 3.22. The Hall–Kier alpha value is -1.29. The zero-order valence-electron chi connectivity index (χ0n) is 15.8. The average Bonchev–Trinajstić information content (AvgIpc) is 3.31. The molecule has 2 aromatic rings. The van der Waals surface area contributed by atoms with Crippen LogP contribution in [-0.4, -0.2) is 48.5 Å². The third-order valence-electron chi connectivity index (χ3n) is 4.62. The number of rotatable bonds is 6. The second-order valence-electron chi connectivity index (χ2n) is 6.84. The zero-order valence-corrected chi connectivity index (χ0v) is 19.7. The van der Waals surface area contributed by atoms with Gasteiger partial charge >= 0.3 is 0 Å². The number of aromatic nitrogens is 2. The van der Waals surface area contributed by atoms with Crippen LogP contribution in [0.3, 0.4) is 0 Å². The molecule has 0 bridgehead atoms. The van der Waals surface area contributed by atoms with Gasteiger partial charge in [-0.05, 0) is 42.7 Å². The van der Waals surface area contributed by atoms with E-state index < -0.39 is 0 Å². The van der Waals surface area contributed by atoms with E-state index in [2.05, 4.69) is 72.7 Å². The number of nitrogens with zero attached hydrogens (tertiary/aromatic N) is 4. The second kappa shape index (κ2) is 10.9. The minimum absolute atomic E-state index is 0. The normalized spacial score (nSPS) is 18.1. The number of guanidine groups is 1. The first-order chi connectivity index (χ1) is 12.6. The molecule has 0 saturated carbocycles. The van der Waals surface area contributed by atoms with Crippen molar-refractivity contribution in [2.45, 2.75) is 25.9 Å². The van der Waals surface area contributed by atoms with Crippen LogP contribution in [0.25, 0.3) is 0 Å². The van der Waals surface area contributed by atoms with Crippen LogP contribution in [0.5, 0.6) is 0 Å².